The second-order valence-electron chi connectivity index (χ2n) is 14.1. The Morgan fingerprint density at radius 3 is 1.74 bits per heavy atom. The molecule has 10 aromatic carbocycles. The highest BCUT2D eigenvalue weighted by Gasteiger charge is 2.20. The molecule has 0 aliphatic carbocycles. The molecule has 0 saturated carbocycles. The van der Waals surface area contributed by atoms with Crippen molar-refractivity contribution in [3.63, 3.8) is 0 Å². The number of para-hydroxylation sites is 1. The summed E-state index contributed by atoms with van der Waals surface area (Å²) in [5.74, 6) is 0. The Hall–Kier alpha value is -7.16. The number of fused-ring (bicyclic) bond motifs is 9. The molecule has 0 radical (unpaired) electrons. The van der Waals surface area contributed by atoms with Gasteiger partial charge in [0, 0.05) is 16.8 Å². The van der Waals surface area contributed by atoms with Crippen LogP contribution in [-0.4, -0.2) is 0 Å². The Labute approximate surface area is 312 Å². The molecule has 0 fully saturated rings. The maximum Gasteiger partial charge on any atom is 0.137 e. The molecule has 0 saturated heterocycles. The first-order valence-electron chi connectivity index (χ1n) is 18.5. The van der Waals surface area contributed by atoms with Crippen molar-refractivity contribution < 1.29 is 4.42 Å². The molecule has 54 heavy (non-hydrogen) atoms. The summed E-state index contributed by atoms with van der Waals surface area (Å²) >= 11 is 0. The van der Waals surface area contributed by atoms with Gasteiger partial charge in [-0.05, 0) is 120 Å². The number of hydrogen-bond acceptors (Lipinski definition) is 2. The standard InChI is InChI=1S/C52H33NO/c1-2-11-39-31-41(25-19-34(39)9-1)40-12-7-13-44(32-40)53(48-16-8-18-50-52(48)46-15-5-6-17-49(46)54-50)43-29-27-35(28-30-43)42-26-22-37-21-24-38-23-20-36-10-3-4-14-45(36)51(38)47(37)33-42/h1-33H. The number of furan rings is 1. The summed E-state index contributed by atoms with van der Waals surface area (Å²) in [6, 6.07) is 72.4. The molecule has 0 bridgehead atoms. The first-order valence-corrected chi connectivity index (χ1v) is 18.5. The molecule has 0 unspecified atom stereocenters. The molecule has 0 amide bonds. The Morgan fingerprint density at radius 1 is 0.296 bits per heavy atom. The summed E-state index contributed by atoms with van der Waals surface area (Å²) in [5.41, 5.74) is 9.71. The maximum atomic E-state index is 6.39. The summed E-state index contributed by atoms with van der Waals surface area (Å²) in [6.45, 7) is 0. The van der Waals surface area contributed by atoms with E-state index in [1.807, 2.05) is 12.1 Å². The first kappa shape index (κ1) is 30.5. The van der Waals surface area contributed by atoms with E-state index >= 15 is 0 Å². The monoisotopic (exact) mass is 687 g/mol. The van der Waals surface area contributed by atoms with Gasteiger partial charge in [-0.3, -0.25) is 0 Å². The minimum absolute atomic E-state index is 0.872. The Morgan fingerprint density at radius 2 is 0.889 bits per heavy atom. The number of rotatable bonds is 5. The van der Waals surface area contributed by atoms with E-state index in [2.05, 4.69) is 193 Å². The van der Waals surface area contributed by atoms with Gasteiger partial charge < -0.3 is 9.32 Å². The molecule has 1 heterocycles. The lowest BCUT2D eigenvalue weighted by Gasteiger charge is -2.27. The van der Waals surface area contributed by atoms with Crippen LogP contribution in [0, 0.1) is 0 Å². The second-order valence-corrected chi connectivity index (χ2v) is 14.1. The SMILES string of the molecule is c1cc(-c2ccc3ccccc3c2)cc(N(c2ccc(-c3ccc4ccc5ccc6ccccc6c5c4c3)cc2)c2cccc3oc4ccccc4c23)c1. The van der Waals surface area contributed by atoms with E-state index < -0.39 is 0 Å². The lowest BCUT2D eigenvalue weighted by atomic mass is 9.94. The fourth-order valence-corrected chi connectivity index (χ4v) is 8.37. The zero-order chi connectivity index (χ0) is 35.6. The van der Waals surface area contributed by atoms with Crippen LogP contribution in [0.5, 0.6) is 0 Å². The Bertz CT molecular complexity index is 3220. The van der Waals surface area contributed by atoms with E-state index in [1.54, 1.807) is 0 Å². The highest BCUT2D eigenvalue weighted by atomic mass is 16.3. The third-order valence-electron chi connectivity index (χ3n) is 11.0. The molecule has 0 spiro atoms. The third-order valence-corrected chi connectivity index (χ3v) is 11.0. The van der Waals surface area contributed by atoms with Gasteiger partial charge in [-0.25, -0.2) is 0 Å². The minimum Gasteiger partial charge on any atom is -0.456 e. The van der Waals surface area contributed by atoms with Crippen molar-refractivity contribution in [1.82, 2.24) is 0 Å². The molecule has 0 aliphatic heterocycles. The van der Waals surface area contributed by atoms with Crippen LogP contribution in [0.3, 0.4) is 0 Å². The lowest BCUT2D eigenvalue weighted by molar-refractivity contribution is 0.669. The molecular weight excluding hydrogens is 655 g/mol. The predicted molar refractivity (Wildman–Crippen MR) is 229 cm³/mol. The summed E-state index contributed by atoms with van der Waals surface area (Å²) < 4.78 is 6.39. The molecule has 2 heteroatoms. The predicted octanol–water partition coefficient (Wildman–Crippen LogP) is 15.0. The van der Waals surface area contributed by atoms with E-state index in [1.165, 1.54) is 65.3 Å². The smallest absolute Gasteiger partial charge is 0.137 e. The van der Waals surface area contributed by atoms with Crippen LogP contribution in [0.1, 0.15) is 0 Å². The first-order chi connectivity index (χ1) is 26.7. The van der Waals surface area contributed by atoms with Crippen molar-refractivity contribution in [1.29, 1.82) is 0 Å². The van der Waals surface area contributed by atoms with Gasteiger partial charge in [-0.15, -0.1) is 0 Å². The van der Waals surface area contributed by atoms with Gasteiger partial charge in [0.15, 0.2) is 0 Å². The quantitative estimate of drug-likeness (QED) is 0.168. The molecule has 1 aromatic heterocycles. The van der Waals surface area contributed by atoms with Crippen LogP contribution in [0.4, 0.5) is 17.1 Å². The van der Waals surface area contributed by atoms with Crippen LogP contribution in [0.15, 0.2) is 205 Å². The molecule has 2 nitrogen and oxygen atoms in total. The fraction of sp³-hybridized carbons (Fsp3) is 0. The third kappa shape index (κ3) is 4.96. The van der Waals surface area contributed by atoms with Crippen molar-refractivity contribution in [3.05, 3.63) is 200 Å². The maximum absolute atomic E-state index is 6.39. The van der Waals surface area contributed by atoms with Crippen LogP contribution < -0.4 is 4.90 Å². The Kier molecular flexibility index (Phi) is 6.90. The average Bonchev–Trinajstić information content (AvgIpc) is 3.63. The van der Waals surface area contributed by atoms with Crippen molar-refractivity contribution in [3.8, 4) is 22.3 Å². The van der Waals surface area contributed by atoms with Gasteiger partial charge in [0.25, 0.3) is 0 Å². The van der Waals surface area contributed by atoms with E-state index in [0.717, 1.165) is 39.0 Å². The summed E-state index contributed by atoms with van der Waals surface area (Å²) in [6.07, 6.45) is 0. The van der Waals surface area contributed by atoms with Gasteiger partial charge in [-0.2, -0.15) is 0 Å². The summed E-state index contributed by atoms with van der Waals surface area (Å²) in [4.78, 5) is 2.37. The van der Waals surface area contributed by atoms with Crippen molar-refractivity contribution in [2.24, 2.45) is 0 Å². The second kappa shape index (κ2) is 12.2. The van der Waals surface area contributed by atoms with Crippen LogP contribution >= 0.6 is 0 Å². The average molecular weight is 688 g/mol. The number of benzene rings is 10. The van der Waals surface area contributed by atoms with E-state index in [0.29, 0.717) is 0 Å². The number of hydrogen-bond donors (Lipinski definition) is 0. The summed E-state index contributed by atoms with van der Waals surface area (Å²) in [5, 5.41) is 12.3. The Balaban J connectivity index is 1.07. The van der Waals surface area contributed by atoms with Gasteiger partial charge in [0.05, 0.1) is 11.1 Å². The molecule has 0 atom stereocenters. The minimum atomic E-state index is 0.872. The molecule has 11 rings (SSSR count). The lowest BCUT2D eigenvalue weighted by Crippen LogP contribution is -2.10. The van der Waals surface area contributed by atoms with Crippen LogP contribution in [-0.2, 0) is 0 Å². The summed E-state index contributed by atoms with van der Waals surface area (Å²) in [7, 11) is 0. The largest absolute Gasteiger partial charge is 0.456 e. The van der Waals surface area contributed by atoms with Gasteiger partial charge in [0.2, 0.25) is 0 Å². The van der Waals surface area contributed by atoms with Gasteiger partial charge in [-0.1, -0.05) is 146 Å². The van der Waals surface area contributed by atoms with Crippen LogP contribution in [0.25, 0.3) is 87.3 Å². The van der Waals surface area contributed by atoms with Gasteiger partial charge in [0.1, 0.15) is 11.2 Å². The van der Waals surface area contributed by atoms with Crippen molar-refractivity contribution >= 4 is 82.1 Å². The van der Waals surface area contributed by atoms with Crippen molar-refractivity contribution in [2.45, 2.75) is 0 Å². The number of nitrogens with zero attached hydrogens (tertiary/aromatic N) is 1. The van der Waals surface area contributed by atoms with E-state index in [4.69, 9.17) is 4.42 Å². The normalized spacial score (nSPS) is 11.7. The molecule has 0 N–H and O–H groups in total. The highest BCUT2D eigenvalue weighted by molar-refractivity contribution is 6.20. The van der Waals surface area contributed by atoms with E-state index in [-0.39, 0.29) is 0 Å². The molecule has 11 aromatic rings. The van der Waals surface area contributed by atoms with Crippen molar-refractivity contribution in [2.75, 3.05) is 4.90 Å². The van der Waals surface area contributed by atoms with Gasteiger partial charge >= 0.3 is 0 Å². The van der Waals surface area contributed by atoms with E-state index in [9.17, 15) is 0 Å². The zero-order valence-corrected chi connectivity index (χ0v) is 29.4. The number of anilines is 3. The zero-order valence-electron chi connectivity index (χ0n) is 29.4. The molecule has 0 aliphatic rings. The fourth-order valence-electron chi connectivity index (χ4n) is 8.37. The molecule has 252 valence electrons. The van der Waals surface area contributed by atoms with Crippen LogP contribution in [0.2, 0.25) is 0 Å². The topological polar surface area (TPSA) is 16.4 Å². The highest BCUT2D eigenvalue weighted by Crippen LogP contribution is 2.44. The molecular formula is C52H33NO.